The van der Waals surface area contributed by atoms with Crippen molar-refractivity contribution in [2.24, 2.45) is 0 Å². The predicted molar refractivity (Wildman–Crippen MR) is 59.7 cm³/mol. The number of rotatable bonds is 4. The lowest BCUT2D eigenvalue weighted by Crippen LogP contribution is -2.35. The lowest BCUT2D eigenvalue weighted by molar-refractivity contribution is -0.0498. The molecule has 2 nitrogen and oxygen atoms in total. The summed E-state index contributed by atoms with van der Waals surface area (Å²) >= 11 is 0. The van der Waals surface area contributed by atoms with Crippen molar-refractivity contribution in [2.75, 3.05) is 0 Å². The molecular formula is C12H17F2NO. The normalized spacial score (nSPS) is 11.9. The minimum absolute atomic E-state index is 0.0398. The maximum atomic E-state index is 11.9. The summed E-state index contributed by atoms with van der Waals surface area (Å²) in [5.74, 6) is 0.189. The molecule has 0 bridgehead atoms. The Kier molecular flexibility index (Phi) is 4.24. The van der Waals surface area contributed by atoms with Crippen LogP contribution in [0.3, 0.4) is 0 Å². The van der Waals surface area contributed by atoms with E-state index in [1.165, 1.54) is 0 Å². The van der Waals surface area contributed by atoms with E-state index >= 15 is 0 Å². The quantitative estimate of drug-likeness (QED) is 0.856. The molecule has 0 unspecified atom stereocenters. The van der Waals surface area contributed by atoms with E-state index in [9.17, 15) is 8.78 Å². The van der Waals surface area contributed by atoms with Crippen LogP contribution in [-0.2, 0) is 6.54 Å². The highest BCUT2D eigenvalue weighted by Gasteiger charge is 2.08. The van der Waals surface area contributed by atoms with Crippen LogP contribution in [0.4, 0.5) is 8.78 Å². The molecule has 90 valence electrons. The monoisotopic (exact) mass is 229 g/mol. The van der Waals surface area contributed by atoms with Crippen LogP contribution in [0.5, 0.6) is 5.75 Å². The highest BCUT2D eigenvalue weighted by Crippen LogP contribution is 2.15. The van der Waals surface area contributed by atoms with Crippen LogP contribution in [-0.4, -0.2) is 12.2 Å². The van der Waals surface area contributed by atoms with E-state index < -0.39 is 6.61 Å². The largest absolute Gasteiger partial charge is 0.435 e. The molecule has 0 aliphatic heterocycles. The topological polar surface area (TPSA) is 21.3 Å². The molecule has 0 aliphatic rings. The molecule has 1 rings (SSSR count). The third kappa shape index (κ3) is 5.07. The van der Waals surface area contributed by atoms with E-state index in [4.69, 9.17) is 0 Å². The Bertz CT molecular complexity index is 317. The third-order valence-corrected chi connectivity index (χ3v) is 1.97. The molecule has 0 fully saturated rings. The zero-order valence-corrected chi connectivity index (χ0v) is 9.76. The van der Waals surface area contributed by atoms with E-state index in [-0.39, 0.29) is 11.3 Å². The summed E-state index contributed by atoms with van der Waals surface area (Å²) in [7, 11) is 0. The molecule has 1 N–H and O–H groups in total. The molecule has 1 aromatic carbocycles. The molecule has 0 heterocycles. The fourth-order valence-corrected chi connectivity index (χ4v) is 1.16. The van der Waals surface area contributed by atoms with Crippen molar-refractivity contribution in [1.29, 1.82) is 0 Å². The number of halogens is 2. The van der Waals surface area contributed by atoms with E-state index in [1.54, 1.807) is 24.3 Å². The van der Waals surface area contributed by atoms with Gasteiger partial charge < -0.3 is 10.1 Å². The fourth-order valence-electron chi connectivity index (χ4n) is 1.16. The van der Waals surface area contributed by atoms with Gasteiger partial charge >= 0.3 is 6.61 Å². The average Bonchev–Trinajstić information content (AvgIpc) is 2.14. The molecule has 0 aromatic heterocycles. The summed E-state index contributed by atoms with van der Waals surface area (Å²) in [5, 5.41) is 3.31. The second kappa shape index (κ2) is 5.25. The van der Waals surface area contributed by atoms with Crippen molar-refractivity contribution < 1.29 is 13.5 Å². The summed E-state index contributed by atoms with van der Waals surface area (Å²) in [6.45, 7) is 4.15. The van der Waals surface area contributed by atoms with Crippen molar-refractivity contribution in [1.82, 2.24) is 5.32 Å². The minimum Gasteiger partial charge on any atom is -0.435 e. The van der Waals surface area contributed by atoms with Crippen molar-refractivity contribution >= 4 is 0 Å². The maximum Gasteiger partial charge on any atom is 0.387 e. The van der Waals surface area contributed by atoms with Gasteiger partial charge in [-0.05, 0) is 38.5 Å². The van der Waals surface area contributed by atoms with Crippen LogP contribution in [0.25, 0.3) is 0 Å². The SMILES string of the molecule is CC(C)(C)NCc1ccc(OC(F)F)cc1. The van der Waals surface area contributed by atoms with Gasteiger partial charge in [0.25, 0.3) is 0 Å². The molecule has 1 aromatic rings. The van der Waals surface area contributed by atoms with Crippen LogP contribution in [0.2, 0.25) is 0 Å². The minimum atomic E-state index is -2.77. The van der Waals surface area contributed by atoms with Gasteiger partial charge in [-0.15, -0.1) is 0 Å². The Morgan fingerprint density at radius 3 is 2.19 bits per heavy atom. The summed E-state index contributed by atoms with van der Waals surface area (Å²) in [4.78, 5) is 0. The van der Waals surface area contributed by atoms with Gasteiger partial charge in [-0.2, -0.15) is 8.78 Å². The van der Waals surface area contributed by atoms with Crippen LogP contribution in [0.1, 0.15) is 26.3 Å². The Morgan fingerprint density at radius 1 is 1.19 bits per heavy atom. The van der Waals surface area contributed by atoms with Crippen molar-refractivity contribution in [3.63, 3.8) is 0 Å². The van der Waals surface area contributed by atoms with Crippen LogP contribution < -0.4 is 10.1 Å². The molecule has 0 aliphatic carbocycles. The number of alkyl halides is 2. The van der Waals surface area contributed by atoms with E-state index in [2.05, 4.69) is 30.8 Å². The molecule has 0 amide bonds. The van der Waals surface area contributed by atoms with Crippen LogP contribution in [0.15, 0.2) is 24.3 Å². The summed E-state index contributed by atoms with van der Waals surface area (Å²) in [6, 6.07) is 6.64. The average molecular weight is 229 g/mol. The maximum absolute atomic E-state index is 11.9. The third-order valence-electron chi connectivity index (χ3n) is 1.97. The second-order valence-electron chi connectivity index (χ2n) is 4.63. The molecule has 16 heavy (non-hydrogen) atoms. The Morgan fingerprint density at radius 2 is 1.75 bits per heavy atom. The van der Waals surface area contributed by atoms with Gasteiger partial charge in [0.15, 0.2) is 0 Å². The van der Waals surface area contributed by atoms with Gasteiger partial charge in [-0.25, -0.2) is 0 Å². The highest BCUT2D eigenvalue weighted by molar-refractivity contribution is 5.27. The number of benzene rings is 1. The Hall–Kier alpha value is -1.16. The first kappa shape index (κ1) is 12.9. The van der Waals surface area contributed by atoms with E-state index in [0.717, 1.165) is 5.56 Å². The highest BCUT2D eigenvalue weighted by atomic mass is 19.3. The van der Waals surface area contributed by atoms with Gasteiger partial charge in [0.2, 0.25) is 0 Å². The van der Waals surface area contributed by atoms with Crippen LogP contribution in [0, 0.1) is 0 Å². The number of ether oxygens (including phenoxy) is 1. The van der Waals surface area contributed by atoms with E-state index in [0.29, 0.717) is 6.54 Å². The predicted octanol–water partition coefficient (Wildman–Crippen LogP) is 3.18. The zero-order chi connectivity index (χ0) is 12.2. The van der Waals surface area contributed by atoms with Crippen LogP contribution >= 0.6 is 0 Å². The Balaban J connectivity index is 2.51. The molecule has 0 atom stereocenters. The second-order valence-corrected chi connectivity index (χ2v) is 4.63. The molecule has 4 heteroatoms. The first-order valence-corrected chi connectivity index (χ1v) is 5.15. The molecular weight excluding hydrogens is 212 g/mol. The first-order chi connectivity index (χ1) is 7.37. The smallest absolute Gasteiger partial charge is 0.387 e. The van der Waals surface area contributed by atoms with Crippen molar-refractivity contribution in [2.45, 2.75) is 39.5 Å². The molecule has 0 spiro atoms. The zero-order valence-electron chi connectivity index (χ0n) is 9.76. The molecule has 0 saturated heterocycles. The summed E-state index contributed by atoms with van der Waals surface area (Å²) in [5.41, 5.74) is 1.08. The van der Waals surface area contributed by atoms with Crippen molar-refractivity contribution in [3.05, 3.63) is 29.8 Å². The number of hydrogen-bond acceptors (Lipinski definition) is 2. The first-order valence-electron chi connectivity index (χ1n) is 5.15. The van der Waals surface area contributed by atoms with Gasteiger partial charge in [-0.1, -0.05) is 12.1 Å². The lowest BCUT2D eigenvalue weighted by atomic mass is 10.1. The summed E-state index contributed by atoms with van der Waals surface area (Å²) < 4.78 is 28.0. The van der Waals surface area contributed by atoms with Crippen molar-refractivity contribution in [3.8, 4) is 5.75 Å². The van der Waals surface area contributed by atoms with Gasteiger partial charge in [-0.3, -0.25) is 0 Å². The Labute approximate surface area is 94.6 Å². The van der Waals surface area contributed by atoms with Gasteiger partial charge in [0, 0.05) is 12.1 Å². The van der Waals surface area contributed by atoms with Gasteiger partial charge in [0.05, 0.1) is 0 Å². The van der Waals surface area contributed by atoms with E-state index in [1.807, 2.05) is 0 Å². The molecule has 0 saturated carbocycles. The van der Waals surface area contributed by atoms with Gasteiger partial charge in [0.1, 0.15) is 5.75 Å². The number of nitrogens with one attached hydrogen (secondary N) is 1. The molecule has 0 radical (unpaired) electrons. The number of hydrogen-bond donors (Lipinski definition) is 1. The lowest BCUT2D eigenvalue weighted by Gasteiger charge is -2.20. The standard InChI is InChI=1S/C12H17F2NO/c1-12(2,3)15-8-9-4-6-10(7-5-9)16-11(13)14/h4-7,11,15H,8H2,1-3H3. The summed E-state index contributed by atoms with van der Waals surface area (Å²) in [6.07, 6.45) is 0. The fraction of sp³-hybridized carbons (Fsp3) is 0.500.